The van der Waals surface area contributed by atoms with Gasteiger partial charge in [-0.25, -0.2) is 0 Å². The van der Waals surface area contributed by atoms with E-state index in [-0.39, 0.29) is 0 Å². The van der Waals surface area contributed by atoms with Crippen LogP contribution in [0.15, 0.2) is 11.6 Å². The summed E-state index contributed by atoms with van der Waals surface area (Å²) in [6.07, 6.45) is 3.88. The second-order valence-electron chi connectivity index (χ2n) is 5.85. The van der Waals surface area contributed by atoms with E-state index >= 15 is 0 Å². The lowest BCUT2D eigenvalue weighted by Gasteiger charge is -2.36. The molecule has 1 aliphatic carbocycles. The molecule has 0 aliphatic heterocycles. The molecule has 0 N–H and O–H groups in total. The van der Waals surface area contributed by atoms with Crippen molar-refractivity contribution in [2.24, 2.45) is 23.2 Å². The fourth-order valence-electron chi connectivity index (χ4n) is 2.50. The minimum absolute atomic E-state index is 0.369. The summed E-state index contributed by atoms with van der Waals surface area (Å²) in [6, 6.07) is 0. The Balaban J connectivity index is 2.90. The first-order chi connectivity index (χ1) is 5.82. The van der Waals surface area contributed by atoms with Crippen molar-refractivity contribution in [3.63, 3.8) is 0 Å². The van der Waals surface area contributed by atoms with E-state index in [0.29, 0.717) is 5.41 Å². The maximum Gasteiger partial charge on any atom is -0.0170 e. The predicted molar refractivity (Wildman–Crippen MR) is 59.6 cm³/mol. The van der Waals surface area contributed by atoms with Gasteiger partial charge in [0.05, 0.1) is 0 Å². The zero-order valence-electron chi connectivity index (χ0n) is 10.0. The third-order valence-corrected chi connectivity index (χ3v) is 3.46. The molecule has 0 saturated carbocycles. The largest absolute Gasteiger partial charge is 0.0814 e. The van der Waals surface area contributed by atoms with Crippen molar-refractivity contribution < 1.29 is 0 Å². The Morgan fingerprint density at radius 3 is 2.15 bits per heavy atom. The number of rotatable bonds is 0. The van der Waals surface area contributed by atoms with Gasteiger partial charge in [0.2, 0.25) is 0 Å². The molecular formula is C13H24. The van der Waals surface area contributed by atoms with Gasteiger partial charge in [0.15, 0.2) is 0 Å². The van der Waals surface area contributed by atoms with Crippen molar-refractivity contribution in [2.75, 3.05) is 0 Å². The van der Waals surface area contributed by atoms with Gasteiger partial charge in [0.25, 0.3) is 0 Å². The van der Waals surface area contributed by atoms with Crippen LogP contribution in [0, 0.1) is 23.2 Å². The molecule has 0 aromatic carbocycles. The van der Waals surface area contributed by atoms with E-state index in [4.69, 9.17) is 0 Å². The predicted octanol–water partition coefficient (Wildman–Crippen LogP) is 4.27. The van der Waals surface area contributed by atoms with Gasteiger partial charge < -0.3 is 0 Å². The van der Waals surface area contributed by atoms with Crippen molar-refractivity contribution in [3.05, 3.63) is 11.6 Å². The summed E-state index contributed by atoms with van der Waals surface area (Å²) in [5.41, 5.74) is 2.03. The Bertz CT molecular complexity index is 205. The van der Waals surface area contributed by atoms with E-state index in [1.165, 1.54) is 6.42 Å². The van der Waals surface area contributed by atoms with Crippen LogP contribution in [-0.4, -0.2) is 0 Å². The van der Waals surface area contributed by atoms with Gasteiger partial charge in [-0.2, -0.15) is 0 Å². The second-order valence-corrected chi connectivity index (χ2v) is 5.85. The van der Waals surface area contributed by atoms with E-state index < -0.39 is 0 Å². The first-order valence-corrected chi connectivity index (χ1v) is 5.54. The quantitative estimate of drug-likeness (QED) is 0.488. The Labute approximate surface area is 83.4 Å². The first-order valence-electron chi connectivity index (χ1n) is 5.54. The summed E-state index contributed by atoms with van der Waals surface area (Å²) >= 11 is 0. The lowest BCUT2D eigenvalue weighted by Crippen LogP contribution is -2.25. The molecule has 3 atom stereocenters. The Morgan fingerprint density at radius 2 is 1.69 bits per heavy atom. The summed E-state index contributed by atoms with van der Waals surface area (Å²) in [7, 11) is 0. The molecule has 0 radical (unpaired) electrons. The van der Waals surface area contributed by atoms with Crippen molar-refractivity contribution in [2.45, 2.75) is 48.0 Å². The van der Waals surface area contributed by atoms with Crippen LogP contribution in [0.1, 0.15) is 48.0 Å². The smallest absolute Gasteiger partial charge is 0.0170 e. The summed E-state index contributed by atoms with van der Waals surface area (Å²) in [5.74, 6) is 2.41. The molecule has 1 aliphatic rings. The molecule has 0 aromatic rings. The summed E-state index contributed by atoms with van der Waals surface area (Å²) in [6.45, 7) is 14.1. The fourth-order valence-corrected chi connectivity index (χ4v) is 2.50. The molecule has 3 unspecified atom stereocenters. The molecular weight excluding hydrogens is 156 g/mol. The van der Waals surface area contributed by atoms with Crippen LogP contribution in [0.25, 0.3) is 0 Å². The van der Waals surface area contributed by atoms with Gasteiger partial charge in [-0.3, -0.25) is 0 Å². The van der Waals surface area contributed by atoms with Gasteiger partial charge in [0.1, 0.15) is 0 Å². The lowest BCUT2D eigenvalue weighted by molar-refractivity contribution is 0.304. The molecule has 0 heterocycles. The van der Waals surface area contributed by atoms with Crippen LogP contribution in [0.3, 0.4) is 0 Å². The van der Waals surface area contributed by atoms with E-state index in [0.717, 1.165) is 17.8 Å². The molecule has 76 valence electrons. The Hall–Kier alpha value is -0.260. The van der Waals surface area contributed by atoms with Crippen molar-refractivity contribution >= 4 is 0 Å². The highest BCUT2D eigenvalue weighted by atomic mass is 14.3. The summed E-state index contributed by atoms with van der Waals surface area (Å²) < 4.78 is 0. The highest BCUT2D eigenvalue weighted by molar-refractivity contribution is 5.18. The zero-order valence-corrected chi connectivity index (χ0v) is 10.0. The molecule has 0 spiro atoms. The molecule has 0 nitrogen and oxygen atoms in total. The van der Waals surface area contributed by atoms with Crippen LogP contribution >= 0.6 is 0 Å². The van der Waals surface area contributed by atoms with Gasteiger partial charge in [-0.15, -0.1) is 0 Å². The summed E-state index contributed by atoms with van der Waals surface area (Å²) in [5, 5.41) is 0. The normalized spacial score (nSPS) is 35.8. The van der Waals surface area contributed by atoms with Crippen LogP contribution in [0.2, 0.25) is 0 Å². The highest BCUT2D eigenvalue weighted by Crippen LogP contribution is 2.41. The molecule has 1 rings (SSSR count). The van der Waals surface area contributed by atoms with Gasteiger partial charge in [0, 0.05) is 0 Å². The SMILES string of the molecule is CC1CC(C)C(C)C=C1C(C)(C)C. The maximum atomic E-state index is 2.51. The molecule has 0 bridgehead atoms. The van der Waals surface area contributed by atoms with Crippen LogP contribution in [-0.2, 0) is 0 Å². The Morgan fingerprint density at radius 1 is 1.15 bits per heavy atom. The molecule has 0 fully saturated rings. The first kappa shape index (κ1) is 10.8. The highest BCUT2D eigenvalue weighted by Gasteiger charge is 2.29. The summed E-state index contributed by atoms with van der Waals surface area (Å²) in [4.78, 5) is 0. The third kappa shape index (κ3) is 2.36. The molecule has 13 heavy (non-hydrogen) atoms. The van der Waals surface area contributed by atoms with Gasteiger partial charge in [-0.1, -0.05) is 53.2 Å². The molecule has 0 heteroatoms. The monoisotopic (exact) mass is 180 g/mol. The standard InChI is InChI=1S/C13H24/c1-9-7-11(3)12(8-10(9)2)13(4,5)6/h8-11H,7H2,1-6H3. The topological polar surface area (TPSA) is 0 Å². The minimum Gasteiger partial charge on any atom is -0.0814 e. The fraction of sp³-hybridized carbons (Fsp3) is 0.846. The van der Waals surface area contributed by atoms with E-state index in [2.05, 4.69) is 47.6 Å². The zero-order chi connectivity index (χ0) is 10.2. The second kappa shape index (κ2) is 3.48. The van der Waals surface area contributed by atoms with Crippen LogP contribution in [0.5, 0.6) is 0 Å². The van der Waals surface area contributed by atoms with Crippen molar-refractivity contribution in [1.82, 2.24) is 0 Å². The number of allylic oxidation sites excluding steroid dienone is 2. The molecule has 0 aromatic heterocycles. The average Bonchev–Trinajstić information content (AvgIpc) is 1.94. The maximum absolute atomic E-state index is 2.51. The molecule has 0 amide bonds. The Kier molecular flexibility index (Phi) is 2.89. The lowest BCUT2D eigenvalue weighted by atomic mass is 9.69. The van der Waals surface area contributed by atoms with Gasteiger partial charge >= 0.3 is 0 Å². The molecule has 0 saturated heterocycles. The van der Waals surface area contributed by atoms with Crippen molar-refractivity contribution in [3.8, 4) is 0 Å². The van der Waals surface area contributed by atoms with Gasteiger partial charge in [-0.05, 0) is 29.6 Å². The average molecular weight is 180 g/mol. The number of hydrogen-bond donors (Lipinski definition) is 0. The van der Waals surface area contributed by atoms with Crippen LogP contribution in [0.4, 0.5) is 0 Å². The number of hydrogen-bond acceptors (Lipinski definition) is 0. The van der Waals surface area contributed by atoms with E-state index in [1.54, 1.807) is 5.57 Å². The minimum atomic E-state index is 0.369. The van der Waals surface area contributed by atoms with E-state index in [1.807, 2.05) is 0 Å². The third-order valence-electron chi connectivity index (χ3n) is 3.46. The van der Waals surface area contributed by atoms with Crippen LogP contribution < -0.4 is 0 Å². The van der Waals surface area contributed by atoms with Crippen molar-refractivity contribution in [1.29, 1.82) is 0 Å². The van der Waals surface area contributed by atoms with E-state index in [9.17, 15) is 0 Å².